The number of amides is 2. The standard InChI is InChI=1S/C25H28N4O3S.H2/c26-23(31)18-7-8-19(15-29-13-3-6-22(29)30)21(14-18)32-20-11-9-17(10-12-20)25(28)33-24(27)16-4-1-2-5-16;/h7-12,14,16,27-28H,1-6,13,15H2,(H2,26,31);1H. The van der Waals surface area contributed by atoms with Gasteiger partial charge in [-0.15, -0.1) is 0 Å². The van der Waals surface area contributed by atoms with Gasteiger partial charge >= 0.3 is 0 Å². The van der Waals surface area contributed by atoms with Gasteiger partial charge in [0.25, 0.3) is 0 Å². The van der Waals surface area contributed by atoms with Gasteiger partial charge in [0.15, 0.2) is 0 Å². The highest BCUT2D eigenvalue weighted by atomic mass is 32.2. The highest BCUT2D eigenvalue weighted by Crippen LogP contribution is 2.32. The van der Waals surface area contributed by atoms with Gasteiger partial charge in [0, 0.05) is 43.5 Å². The Morgan fingerprint density at radius 3 is 2.42 bits per heavy atom. The minimum atomic E-state index is -0.547. The smallest absolute Gasteiger partial charge is 0.248 e. The third-order valence-corrected chi connectivity index (χ3v) is 7.16. The topological polar surface area (TPSA) is 120 Å². The maximum atomic E-state index is 12.1. The van der Waals surface area contributed by atoms with Gasteiger partial charge in [-0.2, -0.15) is 0 Å². The van der Waals surface area contributed by atoms with Gasteiger partial charge in [-0.05, 0) is 55.7 Å². The van der Waals surface area contributed by atoms with Crippen molar-refractivity contribution in [2.24, 2.45) is 11.7 Å². The van der Waals surface area contributed by atoms with E-state index in [0.717, 1.165) is 43.2 Å². The number of nitrogens with zero attached hydrogens (tertiary/aromatic N) is 1. The minimum absolute atomic E-state index is 0. The summed E-state index contributed by atoms with van der Waals surface area (Å²) >= 11 is 1.22. The molecule has 7 nitrogen and oxygen atoms in total. The Labute approximate surface area is 199 Å². The molecule has 0 spiro atoms. The molecule has 0 unspecified atom stereocenters. The number of hydrogen-bond acceptors (Lipinski definition) is 6. The zero-order chi connectivity index (χ0) is 23.4. The Hall–Kier alpha value is -3.13. The van der Waals surface area contributed by atoms with Crippen LogP contribution in [0.15, 0.2) is 42.5 Å². The maximum Gasteiger partial charge on any atom is 0.248 e. The quantitative estimate of drug-likeness (QED) is 0.385. The molecular formula is C25H30N4O3S. The maximum absolute atomic E-state index is 12.1. The summed E-state index contributed by atoms with van der Waals surface area (Å²) in [5.41, 5.74) is 7.31. The molecule has 1 aliphatic heterocycles. The molecule has 2 aromatic carbocycles. The second kappa shape index (κ2) is 10.2. The van der Waals surface area contributed by atoms with Crippen LogP contribution in [0.5, 0.6) is 11.5 Å². The van der Waals surface area contributed by atoms with Gasteiger partial charge in [0.2, 0.25) is 11.8 Å². The zero-order valence-electron chi connectivity index (χ0n) is 18.4. The first kappa shape index (κ1) is 23.0. The molecule has 0 atom stereocenters. The van der Waals surface area contributed by atoms with Crippen LogP contribution in [0.2, 0.25) is 0 Å². The third kappa shape index (κ3) is 5.63. The van der Waals surface area contributed by atoms with Gasteiger partial charge in [0.1, 0.15) is 16.5 Å². The second-order valence-corrected chi connectivity index (χ2v) is 9.56. The number of benzene rings is 2. The van der Waals surface area contributed by atoms with Crippen LogP contribution in [0.3, 0.4) is 0 Å². The SMILES string of the molecule is N=C(SC(=N)C1CCCC1)c1ccc(Oc2cc(C(N)=O)ccc2CN2CCCC2=O)cc1.[HH]. The Kier molecular flexibility index (Phi) is 7.13. The number of nitrogens with one attached hydrogen (secondary N) is 2. The van der Waals surface area contributed by atoms with Crippen LogP contribution < -0.4 is 10.5 Å². The predicted octanol–water partition coefficient (Wildman–Crippen LogP) is 5.17. The van der Waals surface area contributed by atoms with E-state index in [4.69, 9.17) is 21.3 Å². The summed E-state index contributed by atoms with van der Waals surface area (Å²) < 4.78 is 6.08. The number of hydrogen-bond donors (Lipinski definition) is 3. The minimum Gasteiger partial charge on any atom is -0.457 e. The molecule has 0 radical (unpaired) electrons. The summed E-state index contributed by atoms with van der Waals surface area (Å²) in [6.45, 7) is 1.12. The van der Waals surface area contributed by atoms with E-state index in [2.05, 4.69) is 0 Å². The first-order valence-electron chi connectivity index (χ1n) is 11.2. The average Bonchev–Trinajstić information content (AvgIpc) is 3.48. The van der Waals surface area contributed by atoms with Gasteiger partial charge in [-0.3, -0.25) is 20.4 Å². The summed E-state index contributed by atoms with van der Waals surface area (Å²) in [7, 11) is 0. The number of rotatable bonds is 7. The fourth-order valence-corrected chi connectivity index (χ4v) is 5.13. The molecule has 1 saturated heterocycles. The average molecular weight is 467 g/mol. The predicted molar refractivity (Wildman–Crippen MR) is 132 cm³/mol. The van der Waals surface area contributed by atoms with Crippen LogP contribution in [0.4, 0.5) is 0 Å². The van der Waals surface area contributed by atoms with Crippen LogP contribution in [0, 0.1) is 16.7 Å². The summed E-state index contributed by atoms with van der Waals surface area (Å²) in [6.07, 6.45) is 5.82. The fraction of sp³-hybridized carbons (Fsp3) is 0.360. The van der Waals surface area contributed by atoms with Gasteiger partial charge < -0.3 is 15.4 Å². The molecule has 1 aliphatic carbocycles. The molecule has 2 aliphatic rings. The van der Waals surface area contributed by atoms with E-state index in [1.54, 1.807) is 47.4 Å². The van der Waals surface area contributed by atoms with E-state index >= 15 is 0 Å². The lowest BCUT2D eigenvalue weighted by Gasteiger charge is -2.19. The van der Waals surface area contributed by atoms with Gasteiger partial charge in [-0.1, -0.05) is 30.7 Å². The van der Waals surface area contributed by atoms with Crippen LogP contribution in [-0.4, -0.2) is 33.3 Å². The number of carbonyl (C=O) groups excluding carboxylic acids is 2. The lowest BCUT2D eigenvalue weighted by Crippen LogP contribution is -2.24. The molecule has 2 amide bonds. The Bertz CT molecular complexity index is 1080. The first-order chi connectivity index (χ1) is 15.9. The van der Waals surface area contributed by atoms with E-state index in [1.807, 2.05) is 0 Å². The van der Waals surface area contributed by atoms with Crippen LogP contribution in [-0.2, 0) is 11.3 Å². The largest absolute Gasteiger partial charge is 0.457 e. The second-order valence-electron chi connectivity index (χ2n) is 8.51. The van der Waals surface area contributed by atoms with Crippen LogP contribution in [0.25, 0.3) is 0 Å². The fourth-order valence-electron chi connectivity index (χ4n) is 4.25. The summed E-state index contributed by atoms with van der Waals surface area (Å²) in [4.78, 5) is 25.5. The van der Waals surface area contributed by atoms with Crippen molar-refractivity contribution in [1.82, 2.24) is 4.90 Å². The molecule has 1 saturated carbocycles. The highest BCUT2D eigenvalue weighted by molar-refractivity contribution is 8.26. The van der Waals surface area contributed by atoms with Crippen molar-refractivity contribution in [2.75, 3.05) is 6.54 Å². The lowest BCUT2D eigenvalue weighted by molar-refractivity contribution is -0.128. The van der Waals surface area contributed by atoms with Crippen molar-refractivity contribution in [2.45, 2.75) is 45.1 Å². The molecule has 0 bridgehead atoms. The third-order valence-electron chi connectivity index (χ3n) is 6.17. The zero-order valence-corrected chi connectivity index (χ0v) is 19.2. The molecule has 174 valence electrons. The Balaban J connectivity index is 0.00000324. The van der Waals surface area contributed by atoms with Crippen molar-refractivity contribution in [3.8, 4) is 11.5 Å². The number of thioether (sulfide) groups is 1. The number of carbonyl (C=O) groups is 2. The van der Waals surface area contributed by atoms with Crippen molar-refractivity contribution in [3.05, 3.63) is 59.2 Å². The normalized spacial score (nSPS) is 16.2. The first-order valence-corrected chi connectivity index (χ1v) is 12.1. The highest BCUT2D eigenvalue weighted by Gasteiger charge is 2.23. The van der Waals surface area contributed by atoms with Gasteiger partial charge in [0.05, 0.1) is 5.04 Å². The molecule has 4 rings (SSSR count). The van der Waals surface area contributed by atoms with E-state index in [0.29, 0.717) is 46.7 Å². The summed E-state index contributed by atoms with van der Waals surface area (Å²) in [5, 5.41) is 17.6. The van der Waals surface area contributed by atoms with Crippen molar-refractivity contribution in [1.29, 1.82) is 10.8 Å². The molecule has 1 heterocycles. The lowest BCUT2D eigenvalue weighted by atomic mass is 10.1. The Morgan fingerprint density at radius 2 is 1.79 bits per heavy atom. The van der Waals surface area contributed by atoms with Crippen molar-refractivity contribution in [3.63, 3.8) is 0 Å². The van der Waals surface area contributed by atoms with E-state index in [-0.39, 0.29) is 13.3 Å². The monoisotopic (exact) mass is 466 g/mol. The van der Waals surface area contributed by atoms with Gasteiger partial charge in [-0.25, -0.2) is 0 Å². The molecular weight excluding hydrogens is 436 g/mol. The molecule has 4 N–H and O–H groups in total. The molecule has 2 aromatic rings. The van der Waals surface area contributed by atoms with E-state index in [9.17, 15) is 9.59 Å². The molecule has 2 fully saturated rings. The van der Waals surface area contributed by atoms with Crippen molar-refractivity contribution < 1.29 is 15.8 Å². The molecule has 0 aromatic heterocycles. The van der Waals surface area contributed by atoms with E-state index in [1.165, 1.54) is 11.8 Å². The molecule has 8 heteroatoms. The number of likely N-dealkylation sites (tertiary alicyclic amines) is 1. The number of ether oxygens (including phenoxy) is 1. The summed E-state index contributed by atoms with van der Waals surface area (Å²) in [6, 6.07) is 12.2. The number of primary amides is 1. The van der Waals surface area contributed by atoms with Crippen molar-refractivity contribution >= 4 is 33.7 Å². The molecule has 33 heavy (non-hydrogen) atoms. The van der Waals surface area contributed by atoms with Crippen LogP contribution in [0.1, 0.15) is 61.4 Å². The van der Waals surface area contributed by atoms with Crippen LogP contribution >= 0.6 is 11.8 Å². The number of nitrogens with two attached hydrogens (primary N) is 1. The van der Waals surface area contributed by atoms with E-state index < -0.39 is 5.91 Å². The Morgan fingerprint density at radius 1 is 1.09 bits per heavy atom. The summed E-state index contributed by atoms with van der Waals surface area (Å²) in [5.74, 6) is 0.887.